The molecular formula is C24H22N2O6. The van der Waals surface area contributed by atoms with Crippen LogP contribution in [0.3, 0.4) is 0 Å². The van der Waals surface area contributed by atoms with E-state index in [0.29, 0.717) is 24.2 Å². The fourth-order valence-electron chi connectivity index (χ4n) is 4.17. The van der Waals surface area contributed by atoms with Crippen LogP contribution < -0.4 is 10.6 Å². The third-order valence-corrected chi connectivity index (χ3v) is 5.65. The van der Waals surface area contributed by atoms with E-state index in [0.717, 1.165) is 33.0 Å². The summed E-state index contributed by atoms with van der Waals surface area (Å²) in [5.74, 6) is -2.75. The van der Waals surface area contributed by atoms with Gasteiger partial charge in [0.1, 0.15) is 0 Å². The molecule has 2 aromatic carbocycles. The van der Waals surface area contributed by atoms with E-state index in [9.17, 15) is 19.2 Å². The number of carbonyl (C=O) groups excluding carboxylic acids is 2. The minimum absolute atomic E-state index is 0.101. The number of hydrogen-bond donors (Lipinski definition) is 4. The van der Waals surface area contributed by atoms with Crippen molar-refractivity contribution in [1.29, 1.82) is 0 Å². The van der Waals surface area contributed by atoms with Crippen LogP contribution in [0.15, 0.2) is 36.4 Å². The summed E-state index contributed by atoms with van der Waals surface area (Å²) < 4.78 is 0. The normalized spacial score (nSPS) is 13.8. The molecular weight excluding hydrogens is 412 g/mol. The predicted octanol–water partition coefficient (Wildman–Crippen LogP) is 2.60. The Bertz CT molecular complexity index is 1130. The molecule has 2 aliphatic rings. The van der Waals surface area contributed by atoms with Crippen molar-refractivity contribution in [3.8, 4) is 0 Å². The number of carbonyl (C=O) groups is 4. The van der Waals surface area contributed by atoms with Crippen LogP contribution >= 0.6 is 0 Å². The maximum absolute atomic E-state index is 12.2. The van der Waals surface area contributed by atoms with Crippen molar-refractivity contribution in [2.45, 2.75) is 38.5 Å². The highest BCUT2D eigenvalue weighted by molar-refractivity contribution is 6.08. The number of benzene rings is 2. The van der Waals surface area contributed by atoms with Gasteiger partial charge in [-0.3, -0.25) is 19.2 Å². The van der Waals surface area contributed by atoms with Gasteiger partial charge in [-0.25, -0.2) is 0 Å². The third-order valence-electron chi connectivity index (χ3n) is 5.65. The van der Waals surface area contributed by atoms with Crippen molar-refractivity contribution in [2.24, 2.45) is 0 Å². The highest BCUT2D eigenvalue weighted by Crippen LogP contribution is 2.40. The molecule has 0 unspecified atom stereocenters. The van der Waals surface area contributed by atoms with E-state index < -0.39 is 11.9 Å². The highest BCUT2D eigenvalue weighted by atomic mass is 16.4. The van der Waals surface area contributed by atoms with Crippen LogP contribution in [0, 0.1) is 0 Å². The first-order valence-electron chi connectivity index (χ1n) is 10.4. The molecule has 0 spiro atoms. The molecule has 0 radical (unpaired) electrons. The van der Waals surface area contributed by atoms with E-state index in [-0.39, 0.29) is 37.5 Å². The molecule has 0 bridgehead atoms. The molecule has 2 aliphatic carbocycles. The number of aliphatic carboxylic acids is 2. The smallest absolute Gasteiger partial charge is 0.303 e. The van der Waals surface area contributed by atoms with Gasteiger partial charge < -0.3 is 20.8 Å². The monoisotopic (exact) mass is 434 g/mol. The molecule has 2 aromatic rings. The van der Waals surface area contributed by atoms with E-state index in [4.69, 9.17) is 10.2 Å². The van der Waals surface area contributed by atoms with Crippen molar-refractivity contribution in [2.75, 3.05) is 0 Å². The Morgan fingerprint density at radius 2 is 1.06 bits per heavy atom. The van der Waals surface area contributed by atoms with Crippen molar-refractivity contribution in [3.05, 3.63) is 58.7 Å². The van der Waals surface area contributed by atoms with Gasteiger partial charge in [0.2, 0.25) is 11.8 Å². The number of carboxylic acid groups (broad SMARTS) is 2. The first-order chi connectivity index (χ1) is 15.3. The number of nitrogens with one attached hydrogen (secondary N) is 2. The average Bonchev–Trinajstić information content (AvgIpc) is 2.76. The fraction of sp³-hybridized carbons (Fsp3) is 0.250. The molecule has 0 atom stereocenters. The lowest BCUT2D eigenvalue weighted by Gasteiger charge is -2.26. The lowest BCUT2D eigenvalue weighted by atomic mass is 9.83. The molecule has 8 heteroatoms. The van der Waals surface area contributed by atoms with Gasteiger partial charge in [-0.2, -0.15) is 0 Å². The van der Waals surface area contributed by atoms with E-state index in [1.807, 2.05) is 24.3 Å². The number of allylic oxidation sites excluding steroid dienone is 2. The third kappa shape index (κ3) is 4.25. The second-order valence-electron chi connectivity index (χ2n) is 7.82. The average molecular weight is 434 g/mol. The summed E-state index contributed by atoms with van der Waals surface area (Å²) in [7, 11) is 0. The van der Waals surface area contributed by atoms with Crippen LogP contribution in [0.5, 0.6) is 0 Å². The molecule has 0 aromatic heterocycles. The molecule has 0 heterocycles. The number of rotatable bonds is 8. The molecule has 32 heavy (non-hydrogen) atoms. The molecule has 4 rings (SSSR count). The Balaban J connectivity index is 1.65. The Hall–Kier alpha value is -3.94. The summed E-state index contributed by atoms with van der Waals surface area (Å²) in [5, 5.41) is 25.3. The summed E-state index contributed by atoms with van der Waals surface area (Å²) in [6, 6.07) is 7.90. The van der Waals surface area contributed by atoms with E-state index in [2.05, 4.69) is 22.8 Å². The van der Waals surface area contributed by atoms with E-state index in [1.54, 1.807) is 0 Å². The van der Waals surface area contributed by atoms with Crippen LogP contribution in [0.2, 0.25) is 0 Å². The molecule has 164 valence electrons. The van der Waals surface area contributed by atoms with Gasteiger partial charge in [0, 0.05) is 35.4 Å². The maximum atomic E-state index is 12.2. The quantitative estimate of drug-likeness (QED) is 0.505. The molecule has 0 saturated carbocycles. The molecule has 0 saturated heterocycles. The molecule has 4 N–H and O–H groups in total. The Morgan fingerprint density at radius 1 is 0.656 bits per heavy atom. The van der Waals surface area contributed by atoms with Gasteiger partial charge in [-0.05, 0) is 34.7 Å². The summed E-state index contributed by atoms with van der Waals surface area (Å²) in [6.45, 7) is 0. The standard InChI is InChI=1S/C24H22N2O6/c27-19(9-11-21(29)30)25-17-7-3-13-1-2-14-4-8-18(26-20(28)10-12-22(31)32)16-6-5-15(17)23(13)24(14)16/h1-2,5-8H,3-4,9-12H2,(H,25,27)(H,26,28)(H,29,30)(H,31,32). The summed E-state index contributed by atoms with van der Waals surface area (Å²) in [5.41, 5.74) is 5.21. The van der Waals surface area contributed by atoms with E-state index in [1.165, 1.54) is 0 Å². The number of carboxylic acids is 2. The zero-order valence-electron chi connectivity index (χ0n) is 17.2. The molecule has 0 fully saturated rings. The second kappa shape index (κ2) is 8.66. The highest BCUT2D eigenvalue weighted by Gasteiger charge is 2.24. The maximum Gasteiger partial charge on any atom is 0.303 e. The van der Waals surface area contributed by atoms with Gasteiger partial charge in [0.05, 0.1) is 12.8 Å². The zero-order chi connectivity index (χ0) is 22.8. The minimum atomic E-state index is -1.02. The second-order valence-corrected chi connectivity index (χ2v) is 7.82. The Morgan fingerprint density at radius 3 is 1.44 bits per heavy atom. The lowest BCUT2D eigenvalue weighted by molar-refractivity contribution is -0.139. The fourth-order valence-corrected chi connectivity index (χ4v) is 4.17. The SMILES string of the molecule is O=C(O)CCC(=O)NC1=CCc2ccc3c4c(ccc1c24)C(NC(=O)CCC(=O)O)=CC3. The van der Waals surface area contributed by atoms with Crippen LogP contribution in [-0.2, 0) is 32.0 Å². The molecule has 2 amide bonds. The van der Waals surface area contributed by atoms with Gasteiger partial charge in [-0.15, -0.1) is 0 Å². The molecule has 8 nitrogen and oxygen atoms in total. The topological polar surface area (TPSA) is 133 Å². The Labute approximate surface area is 183 Å². The lowest BCUT2D eigenvalue weighted by Crippen LogP contribution is -2.25. The summed E-state index contributed by atoms with van der Waals surface area (Å²) >= 11 is 0. The van der Waals surface area contributed by atoms with Crippen LogP contribution in [-0.4, -0.2) is 34.0 Å². The van der Waals surface area contributed by atoms with Gasteiger partial charge >= 0.3 is 11.9 Å². The van der Waals surface area contributed by atoms with Crippen LogP contribution in [0.4, 0.5) is 0 Å². The van der Waals surface area contributed by atoms with Crippen LogP contribution in [0.1, 0.15) is 47.9 Å². The van der Waals surface area contributed by atoms with Crippen molar-refractivity contribution in [1.82, 2.24) is 10.6 Å². The van der Waals surface area contributed by atoms with Crippen molar-refractivity contribution >= 4 is 45.9 Å². The first-order valence-corrected chi connectivity index (χ1v) is 10.4. The van der Waals surface area contributed by atoms with Gasteiger partial charge in [0.25, 0.3) is 0 Å². The van der Waals surface area contributed by atoms with Gasteiger partial charge in [-0.1, -0.05) is 36.4 Å². The summed E-state index contributed by atoms with van der Waals surface area (Å²) in [6.07, 6.45) is 4.41. The van der Waals surface area contributed by atoms with E-state index >= 15 is 0 Å². The van der Waals surface area contributed by atoms with Crippen molar-refractivity contribution < 1.29 is 29.4 Å². The number of hydrogen-bond acceptors (Lipinski definition) is 4. The zero-order valence-corrected chi connectivity index (χ0v) is 17.2. The van der Waals surface area contributed by atoms with Gasteiger partial charge in [0.15, 0.2) is 0 Å². The minimum Gasteiger partial charge on any atom is -0.481 e. The Kier molecular flexibility index (Phi) is 5.77. The molecule has 0 aliphatic heterocycles. The first kappa shape index (κ1) is 21.3. The van der Waals surface area contributed by atoms with Crippen LogP contribution in [0.25, 0.3) is 22.2 Å². The number of amides is 2. The summed E-state index contributed by atoms with van der Waals surface area (Å²) in [4.78, 5) is 45.9. The largest absolute Gasteiger partial charge is 0.481 e. The predicted molar refractivity (Wildman–Crippen MR) is 117 cm³/mol. The van der Waals surface area contributed by atoms with Crippen molar-refractivity contribution in [3.63, 3.8) is 0 Å².